The quantitative estimate of drug-likeness (QED) is 0.741. The minimum absolute atomic E-state index is 0.0602. The summed E-state index contributed by atoms with van der Waals surface area (Å²) < 4.78 is 10.5. The number of amides is 2. The van der Waals surface area contributed by atoms with Crippen molar-refractivity contribution in [2.24, 2.45) is 5.92 Å². The average Bonchev–Trinajstić information content (AvgIpc) is 2.77. The Hall–Kier alpha value is -3.35. The lowest BCUT2D eigenvalue weighted by Crippen LogP contribution is -2.46. The number of carbonyl (C=O) groups excluding carboxylic acids is 3. The number of hydrogen-bond donors (Lipinski definition) is 1. The molecule has 0 bridgehead atoms. The van der Waals surface area contributed by atoms with Crippen LogP contribution < -0.4 is 15.0 Å². The Kier molecular flexibility index (Phi) is 6.72. The molecule has 1 saturated heterocycles. The molecule has 2 aromatic rings. The molecule has 1 fully saturated rings. The maximum absolute atomic E-state index is 13.0. The van der Waals surface area contributed by atoms with Crippen molar-refractivity contribution >= 4 is 23.5 Å². The SMILES string of the molecule is CNC(=O)COC(=O)[C@@H]1CCC(=O)N(c2ccc(C)cc2)[C@@H]1c1ccc(OC)cc1. The van der Waals surface area contributed by atoms with Crippen LogP contribution in [0.5, 0.6) is 5.75 Å². The summed E-state index contributed by atoms with van der Waals surface area (Å²) in [6.07, 6.45) is 0.574. The van der Waals surface area contributed by atoms with Gasteiger partial charge in [-0.1, -0.05) is 29.8 Å². The van der Waals surface area contributed by atoms with Gasteiger partial charge in [-0.05, 0) is 43.2 Å². The average molecular weight is 410 g/mol. The van der Waals surface area contributed by atoms with E-state index < -0.39 is 17.9 Å². The Morgan fingerprint density at radius 3 is 2.37 bits per heavy atom. The van der Waals surface area contributed by atoms with Crippen LogP contribution in [0.3, 0.4) is 0 Å². The first kappa shape index (κ1) is 21.4. The monoisotopic (exact) mass is 410 g/mol. The number of ether oxygens (including phenoxy) is 2. The summed E-state index contributed by atoms with van der Waals surface area (Å²) in [5.41, 5.74) is 2.59. The van der Waals surface area contributed by atoms with E-state index in [4.69, 9.17) is 9.47 Å². The molecule has 1 aliphatic rings. The summed E-state index contributed by atoms with van der Waals surface area (Å²) in [7, 11) is 3.06. The number of nitrogens with zero attached hydrogens (tertiary/aromatic N) is 1. The molecule has 0 aromatic heterocycles. The third-order valence-corrected chi connectivity index (χ3v) is 5.29. The van der Waals surface area contributed by atoms with Crippen LogP contribution in [0.4, 0.5) is 5.69 Å². The molecule has 0 radical (unpaired) electrons. The molecule has 0 unspecified atom stereocenters. The highest BCUT2D eigenvalue weighted by atomic mass is 16.5. The van der Waals surface area contributed by atoms with Gasteiger partial charge in [0.05, 0.1) is 19.1 Å². The molecule has 2 amide bonds. The largest absolute Gasteiger partial charge is 0.497 e. The van der Waals surface area contributed by atoms with E-state index in [-0.39, 0.29) is 24.8 Å². The number of rotatable bonds is 6. The van der Waals surface area contributed by atoms with Crippen molar-refractivity contribution in [2.75, 3.05) is 25.7 Å². The Bertz CT molecular complexity index is 908. The third kappa shape index (κ3) is 4.62. The van der Waals surface area contributed by atoms with Gasteiger partial charge in [-0.2, -0.15) is 0 Å². The number of methoxy groups -OCH3 is 1. The number of benzene rings is 2. The van der Waals surface area contributed by atoms with Crippen LogP contribution in [-0.2, 0) is 19.1 Å². The zero-order valence-electron chi connectivity index (χ0n) is 17.4. The van der Waals surface area contributed by atoms with Crippen LogP contribution >= 0.6 is 0 Å². The van der Waals surface area contributed by atoms with Gasteiger partial charge < -0.3 is 19.7 Å². The van der Waals surface area contributed by atoms with Gasteiger partial charge in [-0.25, -0.2) is 0 Å². The van der Waals surface area contributed by atoms with Gasteiger partial charge in [-0.3, -0.25) is 14.4 Å². The van der Waals surface area contributed by atoms with E-state index in [1.54, 1.807) is 24.1 Å². The Labute approximate surface area is 176 Å². The fourth-order valence-corrected chi connectivity index (χ4v) is 3.65. The first-order valence-electron chi connectivity index (χ1n) is 9.84. The molecule has 1 heterocycles. The Morgan fingerprint density at radius 2 is 1.77 bits per heavy atom. The van der Waals surface area contributed by atoms with Crippen molar-refractivity contribution in [1.82, 2.24) is 5.32 Å². The van der Waals surface area contributed by atoms with Gasteiger partial charge in [-0.15, -0.1) is 0 Å². The molecule has 2 atom stereocenters. The van der Waals surface area contributed by atoms with Crippen molar-refractivity contribution in [3.63, 3.8) is 0 Å². The summed E-state index contributed by atoms with van der Waals surface area (Å²) in [5, 5.41) is 2.43. The van der Waals surface area contributed by atoms with Gasteiger partial charge >= 0.3 is 5.97 Å². The third-order valence-electron chi connectivity index (χ3n) is 5.29. The van der Waals surface area contributed by atoms with Gasteiger partial charge in [0.25, 0.3) is 5.91 Å². The highest BCUT2D eigenvalue weighted by molar-refractivity contribution is 5.97. The maximum Gasteiger partial charge on any atom is 0.311 e. The van der Waals surface area contributed by atoms with Crippen LogP contribution in [0.2, 0.25) is 0 Å². The number of carbonyl (C=O) groups is 3. The number of nitrogens with one attached hydrogen (secondary N) is 1. The standard InChI is InChI=1S/C23H26N2O5/c1-15-4-8-17(9-5-15)25-21(27)13-12-19(23(28)30-14-20(26)24-2)22(25)16-6-10-18(29-3)11-7-16/h4-11,19,22H,12-14H2,1-3H3,(H,24,26)/t19-,22-/m1/s1. The molecule has 7 nitrogen and oxygen atoms in total. The van der Waals surface area contributed by atoms with Crippen molar-refractivity contribution in [1.29, 1.82) is 0 Å². The zero-order valence-corrected chi connectivity index (χ0v) is 17.4. The van der Waals surface area contributed by atoms with Crippen molar-refractivity contribution < 1.29 is 23.9 Å². The molecule has 0 aliphatic carbocycles. The maximum atomic E-state index is 13.0. The molecule has 3 rings (SSSR count). The summed E-state index contributed by atoms with van der Waals surface area (Å²) in [6, 6.07) is 14.4. The number of likely N-dealkylation sites (N-methyl/N-ethyl adjacent to an activating group) is 1. The minimum atomic E-state index is -0.595. The smallest absolute Gasteiger partial charge is 0.311 e. The van der Waals surface area contributed by atoms with Crippen LogP contribution in [-0.4, -0.2) is 38.5 Å². The number of hydrogen-bond acceptors (Lipinski definition) is 5. The van der Waals surface area contributed by atoms with Crippen molar-refractivity contribution in [3.8, 4) is 5.75 Å². The summed E-state index contributed by atoms with van der Waals surface area (Å²) in [5.74, 6) is -0.853. The molecule has 0 spiro atoms. The molecular weight excluding hydrogens is 384 g/mol. The second-order valence-corrected chi connectivity index (χ2v) is 7.24. The predicted molar refractivity (Wildman–Crippen MR) is 112 cm³/mol. The van der Waals surface area contributed by atoms with Crippen LogP contribution in [0.25, 0.3) is 0 Å². The van der Waals surface area contributed by atoms with Crippen LogP contribution in [0.1, 0.15) is 30.0 Å². The molecule has 30 heavy (non-hydrogen) atoms. The van der Waals surface area contributed by atoms with E-state index >= 15 is 0 Å². The fourth-order valence-electron chi connectivity index (χ4n) is 3.65. The van der Waals surface area contributed by atoms with Crippen LogP contribution in [0, 0.1) is 12.8 Å². The lowest BCUT2D eigenvalue weighted by molar-refractivity contribution is -0.154. The normalized spacial score (nSPS) is 18.6. The van der Waals surface area contributed by atoms with E-state index in [1.165, 1.54) is 7.05 Å². The van der Waals surface area contributed by atoms with E-state index in [0.29, 0.717) is 12.2 Å². The van der Waals surface area contributed by atoms with E-state index in [0.717, 1.165) is 16.8 Å². The molecule has 2 aromatic carbocycles. The van der Waals surface area contributed by atoms with Gasteiger partial charge in [0.2, 0.25) is 5.91 Å². The van der Waals surface area contributed by atoms with Crippen molar-refractivity contribution in [2.45, 2.75) is 25.8 Å². The number of esters is 1. The first-order valence-corrected chi connectivity index (χ1v) is 9.84. The molecule has 1 aliphatic heterocycles. The lowest BCUT2D eigenvalue weighted by Gasteiger charge is -2.40. The lowest BCUT2D eigenvalue weighted by atomic mass is 9.83. The topological polar surface area (TPSA) is 84.9 Å². The predicted octanol–water partition coefficient (Wildman–Crippen LogP) is 2.78. The van der Waals surface area contributed by atoms with Crippen molar-refractivity contribution in [3.05, 3.63) is 59.7 Å². The number of aryl methyl sites for hydroxylation is 1. The molecule has 7 heteroatoms. The van der Waals surface area contributed by atoms with Gasteiger partial charge in [0.15, 0.2) is 6.61 Å². The molecule has 158 valence electrons. The highest BCUT2D eigenvalue weighted by Gasteiger charge is 2.42. The second-order valence-electron chi connectivity index (χ2n) is 7.24. The van der Waals surface area contributed by atoms with E-state index in [9.17, 15) is 14.4 Å². The minimum Gasteiger partial charge on any atom is -0.497 e. The fraction of sp³-hybridized carbons (Fsp3) is 0.348. The summed E-state index contributed by atoms with van der Waals surface area (Å²) in [4.78, 5) is 39.0. The molecular formula is C23H26N2O5. The van der Waals surface area contributed by atoms with E-state index in [2.05, 4.69) is 5.32 Å². The first-order chi connectivity index (χ1) is 14.4. The summed E-state index contributed by atoms with van der Waals surface area (Å²) in [6.45, 7) is 1.63. The Balaban J connectivity index is 1.99. The number of piperidine rings is 1. The number of anilines is 1. The second kappa shape index (κ2) is 9.43. The van der Waals surface area contributed by atoms with E-state index in [1.807, 2.05) is 43.3 Å². The van der Waals surface area contributed by atoms with Crippen LogP contribution in [0.15, 0.2) is 48.5 Å². The zero-order chi connectivity index (χ0) is 21.7. The molecule has 0 saturated carbocycles. The highest BCUT2D eigenvalue weighted by Crippen LogP contribution is 2.41. The van der Waals surface area contributed by atoms with Gasteiger partial charge in [0, 0.05) is 19.2 Å². The van der Waals surface area contributed by atoms with Gasteiger partial charge in [0.1, 0.15) is 5.75 Å². The molecule has 1 N–H and O–H groups in total. The summed E-state index contributed by atoms with van der Waals surface area (Å²) >= 11 is 0. The Morgan fingerprint density at radius 1 is 1.10 bits per heavy atom.